The number of nitrogens with two attached hydrogens (primary N) is 1. The number of aromatic nitrogens is 4. The molecule has 0 saturated heterocycles. The SMILES string of the molecule is CC[C@H](C)Nc1ncc2nc(Nc3c(F)cc(Cl)cc3Cl)n([C@H]3CC[C@@H](C(N)=O)CC3)c2n1. The summed E-state index contributed by atoms with van der Waals surface area (Å²) in [5.74, 6) is -0.127. The summed E-state index contributed by atoms with van der Waals surface area (Å²) in [6.07, 6.45) is 5.31. The van der Waals surface area contributed by atoms with E-state index in [0.29, 0.717) is 48.7 Å². The third-order valence-corrected chi connectivity index (χ3v) is 6.64. The van der Waals surface area contributed by atoms with Crippen LogP contribution in [0.2, 0.25) is 10.0 Å². The number of amides is 1. The zero-order valence-corrected chi connectivity index (χ0v) is 19.9. The number of carbonyl (C=O) groups excluding carboxylic acids is 1. The Morgan fingerprint density at radius 3 is 2.64 bits per heavy atom. The summed E-state index contributed by atoms with van der Waals surface area (Å²) >= 11 is 12.2. The van der Waals surface area contributed by atoms with Crippen LogP contribution in [-0.2, 0) is 4.79 Å². The van der Waals surface area contributed by atoms with E-state index < -0.39 is 5.82 Å². The Hall–Kier alpha value is -2.65. The molecule has 0 radical (unpaired) electrons. The number of halogens is 3. The van der Waals surface area contributed by atoms with Gasteiger partial charge in [-0.2, -0.15) is 4.98 Å². The number of imidazole rings is 1. The fourth-order valence-corrected chi connectivity index (χ4v) is 4.62. The van der Waals surface area contributed by atoms with Crippen LogP contribution in [0, 0.1) is 11.7 Å². The number of nitrogens with one attached hydrogen (secondary N) is 2. The molecule has 3 aromatic rings. The number of benzene rings is 1. The van der Waals surface area contributed by atoms with Crippen molar-refractivity contribution in [2.24, 2.45) is 11.7 Å². The molecule has 1 aromatic carbocycles. The van der Waals surface area contributed by atoms with E-state index in [-0.39, 0.29) is 39.6 Å². The van der Waals surface area contributed by atoms with Crippen LogP contribution < -0.4 is 16.4 Å². The van der Waals surface area contributed by atoms with Crippen LogP contribution >= 0.6 is 23.2 Å². The van der Waals surface area contributed by atoms with Crippen molar-refractivity contribution in [3.05, 3.63) is 34.2 Å². The molecule has 0 spiro atoms. The third-order valence-electron chi connectivity index (χ3n) is 6.13. The number of rotatable bonds is 7. The molecule has 1 fully saturated rings. The summed E-state index contributed by atoms with van der Waals surface area (Å²) < 4.78 is 16.6. The number of primary amides is 1. The fourth-order valence-electron chi connectivity index (χ4n) is 4.11. The van der Waals surface area contributed by atoms with Gasteiger partial charge in [-0.3, -0.25) is 9.36 Å². The third kappa shape index (κ3) is 4.99. The first-order chi connectivity index (χ1) is 15.8. The predicted molar refractivity (Wildman–Crippen MR) is 129 cm³/mol. The largest absolute Gasteiger partial charge is 0.369 e. The fraction of sp³-hybridized carbons (Fsp3) is 0.455. The predicted octanol–water partition coefficient (Wildman–Crippen LogP) is 5.44. The van der Waals surface area contributed by atoms with Crippen molar-refractivity contribution in [1.29, 1.82) is 0 Å². The van der Waals surface area contributed by atoms with Crippen LogP contribution in [0.5, 0.6) is 0 Å². The Kier molecular flexibility index (Phi) is 6.90. The van der Waals surface area contributed by atoms with Gasteiger partial charge in [0, 0.05) is 23.0 Å². The topological polar surface area (TPSA) is 111 Å². The second kappa shape index (κ2) is 9.69. The van der Waals surface area contributed by atoms with Crippen molar-refractivity contribution in [2.45, 2.75) is 58.0 Å². The lowest BCUT2D eigenvalue weighted by molar-refractivity contribution is -0.122. The minimum absolute atomic E-state index is 0.00594. The zero-order chi connectivity index (χ0) is 23.7. The lowest BCUT2D eigenvalue weighted by Crippen LogP contribution is -2.29. The van der Waals surface area contributed by atoms with Crippen LogP contribution in [0.25, 0.3) is 11.2 Å². The molecule has 1 aliphatic carbocycles. The number of nitrogens with zero attached hydrogens (tertiary/aromatic N) is 4. The van der Waals surface area contributed by atoms with E-state index in [0.717, 1.165) is 6.42 Å². The summed E-state index contributed by atoms with van der Waals surface area (Å²) in [4.78, 5) is 25.4. The lowest BCUT2D eigenvalue weighted by Gasteiger charge is -2.29. The molecule has 33 heavy (non-hydrogen) atoms. The summed E-state index contributed by atoms with van der Waals surface area (Å²) in [5.41, 5.74) is 6.77. The highest BCUT2D eigenvalue weighted by Crippen LogP contribution is 2.38. The second-order valence-corrected chi connectivity index (χ2v) is 9.28. The molecule has 0 unspecified atom stereocenters. The minimum Gasteiger partial charge on any atom is -0.369 e. The Morgan fingerprint density at radius 1 is 1.27 bits per heavy atom. The molecule has 4 rings (SSSR count). The van der Waals surface area contributed by atoms with Gasteiger partial charge in [-0.15, -0.1) is 0 Å². The van der Waals surface area contributed by atoms with Crippen molar-refractivity contribution < 1.29 is 9.18 Å². The van der Waals surface area contributed by atoms with Crippen molar-refractivity contribution >= 4 is 57.9 Å². The highest BCUT2D eigenvalue weighted by Gasteiger charge is 2.29. The maximum absolute atomic E-state index is 14.7. The summed E-state index contributed by atoms with van der Waals surface area (Å²) in [6, 6.07) is 2.85. The summed E-state index contributed by atoms with van der Waals surface area (Å²) in [7, 11) is 0. The Balaban J connectivity index is 1.77. The molecule has 0 aliphatic heterocycles. The molecule has 11 heteroatoms. The molecule has 4 N–H and O–H groups in total. The molecule has 2 heterocycles. The first kappa shape index (κ1) is 23.5. The van der Waals surface area contributed by atoms with Crippen LogP contribution in [0.3, 0.4) is 0 Å². The first-order valence-electron chi connectivity index (χ1n) is 11.0. The molecule has 1 atom stereocenters. The number of carbonyl (C=O) groups is 1. The van der Waals surface area contributed by atoms with Gasteiger partial charge in [-0.05, 0) is 51.2 Å². The van der Waals surface area contributed by atoms with Gasteiger partial charge in [0.2, 0.25) is 17.8 Å². The Bertz CT molecular complexity index is 1150. The van der Waals surface area contributed by atoms with Gasteiger partial charge in [-0.25, -0.2) is 14.4 Å². The highest BCUT2D eigenvalue weighted by molar-refractivity contribution is 6.36. The monoisotopic (exact) mass is 493 g/mol. The Morgan fingerprint density at radius 2 is 2.00 bits per heavy atom. The lowest BCUT2D eigenvalue weighted by atomic mass is 9.85. The maximum Gasteiger partial charge on any atom is 0.224 e. The molecular formula is C22H26Cl2FN7O. The highest BCUT2D eigenvalue weighted by atomic mass is 35.5. The van der Waals surface area contributed by atoms with E-state index in [4.69, 9.17) is 33.9 Å². The van der Waals surface area contributed by atoms with Gasteiger partial charge in [0.05, 0.1) is 16.9 Å². The van der Waals surface area contributed by atoms with Crippen molar-refractivity contribution in [3.63, 3.8) is 0 Å². The number of fused-ring (bicyclic) bond motifs is 1. The molecule has 0 bridgehead atoms. The van der Waals surface area contributed by atoms with Crippen molar-refractivity contribution in [3.8, 4) is 0 Å². The first-order valence-corrected chi connectivity index (χ1v) is 11.7. The van der Waals surface area contributed by atoms with E-state index in [1.165, 1.54) is 12.1 Å². The molecule has 1 amide bonds. The van der Waals surface area contributed by atoms with Crippen molar-refractivity contribution in [1.82, 2.24) is 19.5 Å². The van der Waals surface area contributed by atoms with Crippen molar-refractivity contribution in [2.75, 3.05) is 10.6 Å². The van der Waals surface area contributed by atoms with Gasteiger partial charge in [-0.1, -0.05) is 30.1 Å². The van der Waals surface area contributed by atoms with Gasteiger partial charge >= 0.3 is 0 Å². The molecule has 2 aromatic heterocycles. The second-order valence-electron chi connectivity index (χ2n) is 8.44. The summed E-state index contributed by atoms with van der Waals surface area (Å²) in [6.45, 7) is 4.12. The average Bonchev–Trinajstić information content (AvgIpc) is 3.13. The molecule has 1 aliphatic rings. The van der Waals surface area contributed by atoms with Gasteiger partial charge in [0.25, 0.3) is 0 Å². The number of hydrogen-bond acceptors (Lipinski definition) is 6. The average molecular weight is 494 g/mol. The number of hydrogen-bond donors (Lipinski definition) is 3. The van der Waals surface area contributed by atoms with E-state index in [9.17, 15) is 9.18 Å². The van der Waals surface area contributed by atoms with Gasteiger partial charge < -0.3 is 16.4 Å². The molecular weight excluding hydrogens is 468 g/mol. The summed E-state index contributed by atoms with van der Waals surface area (Å²) in [5, 5.41) is 6.66. The zero-order valence-electron chi connectivity index (χ0n) is 18.4. The van der Waals surface area contributed by atoms with E-state index in [1.807, 2.05) is 11.5 Å². The number of anilines is 3. The standard InChI is InChI=1S/C22H26Cl2FN7O/c1-3-11(2)28-21-27-10-17-20(31-21)32(14-6-4-12(5-7-14)19(26)33)22(29-17)30-18-15(24)8-13(23)9-16(18)25/h8-12,14H,3-7H2,1-2H3,(H2,26,33)(H,29,30)(H,27,28,31)/t11-,12-,14+/m0/s1. The Labute approximate surface area is 201 Å². The van der Waals surface area contributed by atoms with E-state index in [2.05, 4.69) is 27.5 Å². The van der Waals surface area contributed by atoms with Gasteiger partial charge in [0.1, 0.15) is 11.3 Å². The van der Waals surface area contributed by atoms with Crippen LogP contribution in [0.4, 0.5) is 22.0 Å². The molecule has 176 valence electrons. The minimum atomic E-state index is -0.589. The van der Waals surface area contributed by atoms with E-state index >= 15 is 0 Å². The molecule has 8 nitrogen and oxygen atoms in total. The van der Waals surface area contributed by atoms with Crippen LogP contribution in [0.15, 0.2) is 18.3 Å². The quantitative estimate of drug-likeness (QED) is 0.403. The smallest absolute Gasteiger partial charge is 0.224 e. The maximum atomic E-state index is 14.7. The van der Waals surface area contributed by atoms with Crippen LogP contribution in [-0.4, -0.2) is 31.5 Å². The molecule has 1 saturated carbocycles. The van der Waals surface area contributed by atoms with Gasteiger partial charge in [0.15, 0.2) is 5.65 Å². The normalized spacial score (nSPS) is 19.4. The van der Waals surface area contributed by atoms with E-state index in [1.54, 1.807) is 6.20 Å². The van der Waals surface area contributed by atoms with Crippen LogP contribution in [0.1, 0.15) is 52.0 Å².